The van der Waals surface area contributed by atoms with E-state index in [9.17, 15) is 4.79 Å². The molecule has 0 saturated carbocycles. The van der Waals surface area contributed by atoms with Crippen LogP contribution in [0.5, 0.6) is 5.75 Å². The topological polar surface area (TPSA) is 56.2 Å². The van der Waals surface area contributed by atoms with Crippen molar-refractivity contribution in [3.63, 3.8) is 0 Å². The summed E-state index contributed by atoms with van der Waals surface area (Å²) >= 11 is 3.59. The summed E-state index contributed by atoms with van der Waals surface area (Å²) in [6.07, 6.45) is 2.46. The van der Waals surface area contributed by atoms with Crippen LogP contribution in [-0.2, 0) is 18.4 Å². The van der Waals surface area contributed by atoms with Gasteiger partial charge in [-0.2, -0.15) is 0 Å². The Balaban J connectivity index is 1.56. The van der Waals surface area contributed by atoms with E-state index in [0.29, 0.717) is 17.6 Å². The normalized spacial score (nSPS) is 20.0. The van der Waals surface area contributed by atoms with Crippen LogP contribution in [0.1, 0.15) is 30.3 Å². The SMILES string of the molecule is CCOc1ccc2c(c1)CC[C@]21Cc2nc(-c3ccccc3)c(Br)n2C(=O)N1. The number of carbonyl (C=O) groups excluding carboxylic acids is 1. The van der Waals surface area contributed by atoms with Gasteiger partial charge in [-0.1, -0.05) is 36.4 Å². The molecular formula is C22H20BrN3O2. The molecule has 1 aliphatic carbocycles. The van der Waals surface area contributed by atoms with Crippen molar-refractivity contribution in [2.24, 2.45) is 0 Å². The number of hydrogen-bond acceptors (Lipinski definition) is 3. The third-order valence-corrected chi connectivity index (χ3v) is 6.40. The summed E-state index contributed by atoms with van der Waals surface area (Å²) in [4.78, 5) is 17.9. The van der Waals surface area contributed by atoms with E-state index >= 15 is 0 Å². The molecule has 2 aliphatic rings. The lowest BCUT2D eigenvalue weighted by Crippen LogP contribution is -2.52. The Hall–Kier alpha value is -2.60. The molecule has 0 bridgehead atoms. The molecule has 1 N–H and O–H groups in total. The zero-order valence-electron chi connectivity index (χ0n) is 15.5. The number of rotatable bonds is 3. The molecule has 3 aromatic rings. The third-order valence-electron chi connectivity index (χ3n) is 5.67. The molecule has 2 heterocycles. The molecule has 0 radical (unpaired) electrons. The summed E-state index contributed by atoms with van der Waals surface area (Å²) in [6.45, 7) is 2.63. The Bertz CT molecular complexity index is 1080. The Morgan fingerprint density at radius 1 is 1.25 bits per heavy atom. The summed E-state index contributed by atoms with van der Waals surface area (Å²) in [5, 5.41) is 3.27. The van der Waals surface area contributed by atoms with E-state index in [1.54, 1.807) is 4.57 Å². The molecule has 28 heavy (non-hydrogen) atoms. The van der Waals surface area contributed by atoms with Gasteiger partial charge in [-0.25, -0.2) is 14.3 Å². The fourth-order valence-corrected chi connectivity index (χ4v) is 5.10. The number of benzene rings is 2. The first kappa shape index (κ1) is 17.5. The molecule has 142 valence electrons. The van der Waals surface area contributed by atoms with Crippen molar-refractivity contribution in [1.82, 2.24) is 14.9 Å². The standard InChI is InChI=1S/C22H20BrN3O2/c1-2-28-16-8-9-17-15(12-16)10-11-22(17)13-18-24-19(14-6-4-3-5-7-14)20(23)26(18)21(27)25-22/h3-9,12H,2,10-11,13H2,1H3,(H,25,27)/t22-/m0/s1. The number of halogens is 1. The van der Waals surface area contributed by atoms with Gasteiger partial charge in [-0.3, -0.25) is 0 Å². The highest BCUT2D eigenvalue weighted by atomic mass is 79.9. The minimum atomic E-state index is -0.397. The van der Waals surface area contributed by atoms with Crippen LogP contribution in [0.15, 0.2) is 53.1 Å². The van der Waals surface area contributed by atoms with E-state index in [1.807, 2.05) is 43.3 Å². The van der Waals surface area contributed by atoms with Crippen molar-refractivity contribution >= 4 is 22.0 Å². The number of fused-ring (bicyclic) bond motifs is 3. The fraction of sp³-hybridized carbons (Fsp3) is 0.273. The number of carbonyl (C=O) groups is 1. The molecule has 6 heteroatoms. The third kappa shape index (κ3) is 2.58. The lowest BCUT2D eigenvalue weighted by atomic mass is 9.86. The van der Waals surface area contributed by atoms with E-state index in [2.05, 4.69) is 33.4 Å². The molecule has 1 aliphatic heterocycles. The van der Waals surface area contributed by atoms with Gasteiger partial charge in [0.15, 0.2) is 0 Å². The van der Waals surface area contributed by atoms with Crippen molar-refractivity contribution in [3.8, 4) is 17.0 Å². The van der Waals surface area contributed by atoms with Crippen LogP contribution in [0.2, 0.25) is 0 Å². The molecule has 1 amide bonds. The van der Waals surface area contributed by atoms with Crippen molar-refractivity contribution in [3.05, 3.63) is 70.1 Å². The molecule has 1 atom stereocenters. The maximum Gasteiger partial charge on any atom is 0.328 e. The van der Waals surface area contributed by atoms with Crippen molar-refractivity contribution in [2.75, 3.05) is 6.61 Å². The van der Waals surface area contributed by atoms with Gasteiger partial charge in [0, 0.05) is 12.0 Å². The van der Waals surface area contributed by atoms with Gasteiger partial charge in [-0.05, 0) is 59.0 Å². The van der Waals surface area contributed by atoms with E-state index in [0.717, 1.165) is 35.7 Å². The van der Waals surface area contributed by atoms with Gasteiger partial charge < -0.3 is 10.1 Å². The van der Waals surface area contributed by atoms with Gasteiger partial charge in [0.05, 0.1) is 12.1 Å². The number of aromatic nitrogens is 2. The van der Waals surface area contributed by atoms with Crippen LogP contribution in [0.25, 0.3) is 11.3 Å². The first-order valence-corrected chi connectivity index (χ1v) is 10.3. The molecule has 0 unspecified atom stereocenters. The van der Waals surface area contributed by atoms with Gasteiger partial charge in [0.25, 0.3) is 0 Å². The Kier molecular flexibility index (Phi) is 4.05. The predicted molar refractivity (Wildman–Crippen MR) is 111 cm³/mol. The highest BCUT2D eigenvalue weighted by molar-refractivity contribution is 9.10. The van der Waals surface area contributed by atoms with E-state index in [1.165, 1.54) is 11.1 Å². The average molecular weight is 438 g/mol. The number of imidazole rings is 1. The molecule has 0 fully saturated rings. The average Bonchev–Trinajstić information content (AvgIpc) is 3.21. The lowest BCUT2D eigenvalue weighted by Gasteiger charge is -2.35. The smallest absolute Gasteiger partial charge is 0.328 e. The first-order valence-electron chi connectivity index (χ1n) is 9.52. The molecule has 2 aromatic carbocycles. The monoisotopic (exact) mass is 437 g/mol. The molecule has 5 nitrogen and oxygen atoms in total. The number of amides is 1. The summed E-state index contributed by atoms with van der Waals surface area (Å²) in [5.41, 5.74) is 3.81. The van der Waals surface area contributed by atoms with E-state index in [4.69, 9.17) is 9.72 Å². The van der Waals surface area contributed by atoms with Crippen molar-refractivity contribution in [2.45, 2.75) is 31.7 Å². The molecular weight excluding hydrogens is 418 g/mol. The maximum absolute atomic E-state index is 13.0. The van der Waals surface area contributed by atoms with Gasteiger partial charge in [-0.15, -0.1) is 0 Å². The highest BCUT2D eigenvalue weighted by Gasteiger charge is 2.45. The van der Waals surface area contributed by atoms with Crippen molar-refractivity contribution in [1.29, 1.82) is 0 Å². The second-order valence-corrected chi connectivity index (χ2v) is 8.06. The summed E-state index contributed by atoms with van der Waals surface area (Å²) < 4.78 is 8.00. The first-order chi connectivity index (χ1) is 13.6. The summed E-state index contributed by atoms with van der Waals surface area (Å²) in [6, 6.07) is 16.0. The number of ether oxygens (including phenoxy) is 1. The minimum absolute atomic E-state index is 0.135. The van der Waals surface area contributed by atoms with Gasteiger partial charge in [0.2, 0.25) is 0 Å². The van der Waals surface area contributed by atoms with Crippen LogP contribution in [0, 0.1) is 0 Å². The van der Waals surface area contributed by atoms with Gasteiger partial charge >= 0.3 is 6.03 Å². The number of nitrogens with one attached hydrogen (secondary N) is 1. The highest BCUT2D eigenvalue weighted by Crippen LogP contribution is 2.43. The molecule has 1 aromatic heterocycles. The van der Waals surface area contributed by atoms with Crippen LogP contribution in [-0.4, -0.2) is 22.2 Å². The maximum atomic E-state index is 13.0. The Labute approximate surface area is 171 Å². The van der Waals surface area contributed by atoms with Crippen molar-refractivity contribution < 1.29 is 9.53 Å². The van der Waals surface area contributed by atoms with Crippen LogP contribution in [0.3, 0.4) is 0 Å². The second-order valence-electron chi connectivity index (χ2n) is 7.31. The quantitative estimate of drug-likeness (QED) is 0.647. The second kappa shape index (κ2) is 6.48. The van der Waals surface area contributed by atoms with E-state index in [-0.39, 0.29) is 6.03 Å². The largest absolute Gasteiger partial charge is 0.494 e. The Morgan fingerprint density at radius 2 is 2.07 bits per heavy atom. The minimum Gasteiger partial charge on any atom is -0.494 e. The number of nitrogens with zero attached hydrogens (tertiary/aromatic N) is 2. The van der Waals surface area contributed by atoms with Crippen LogP contribution in [0.4, 0.5) is 4.79 Å². The fourth-order valence-electron chi connectivity index (χ4n) is 4.42. The van der Waals surface area contributed by atoms with Crippen LogP contribution < -0.4 is 10.1 Å². The number of aryl methyl sites for hydroxylation is 1. The predicted octanol–water partition coefficient (Wildman–Crippen LogP) is 4.67. The zero-order valence-corrected chi connectivity index (χ0v) is 17.1. The number of hydrogen-bond donors (Lipinski definition) is 1. The summed E-state index contributed by atoms with van der Waals surface area (Å²) in [7, 11) is 0. The molecule has 0 saturated heterocycles. The van der Waals surface area contributed by atoms with Crippen LogP contribution >= 0.6 is 15.9 Å². The van der Waals surface area contributed by atoms with E-state index < -0.39 is 5.54 Å². The van der Waals surface area contributed by atoms with Gasteiger partial charge in [0.1, 0.15) is 21.9 Å². The Morgan fingerprint density at radius 3 is 2.86 bits per heavy atom. The molecule has 1 spiro atoms. The molecule has 5 rings (SSSR count). The lowest BCUT2D eigenvalue weighted by molar-refractivity contribution is 0.213. The summed E-state index contributed by atoms with van der Waals surface area (Å²) in [5.74, 6) is 1.67. The zero-order chi connectivity index (χ0) is 19.3.